The maximum atomic E-state index is 12.9. The molecule has 4 aromatic rings. The number of aromatic nitrogens is 3. The number of hydrogen-bond acceptors (Lipinski definition) is 5. The zero-order valence-corrected chi connectivity index (χ0v) is 19.0. The second-order valence-corrected chi connectivity index (χ2v) is 8.48. The van der Waals surface area contributed by atoms with E-state index in [-0.39, 0.29) is 5.56 Å². The molecule has 1 amide bonds. The molecule has 2 heterocycles. The minimum atomic E-state index is -4.42. The topological polar surface area (TPSA) is 87.7 Å². The largest absolute Gasteiger partial charge is 0.416 e. The van der Waals surface area contributed by atoms with Gasteiger partial charge in [-0.2, -0.15) is 13.2 Å². The maximum Gasteiger partial charge on any atom is 0.416 e. The molecular formula is C24H19F3N4O2S. The van der Waals surface area contributed by atoms with E-state index in [1.165, 1.54) is 18.2 Å². The van der Waals surface area contributed by atoms with Gasteiger partial charge in [0.15, 0.2) is 0 Å². The summed E-state index contributed by atoms with van der Waals surface area (Å²) in [5.41, 5.74) is 1.75. The van der Waals surface area contributed by atoms with Gasteiger partial charge in [-0.1, -0.05) is 31.2 Å². The summed E-state index contributed by atoms with van der Waals surface area (Å²) in [6.07, 6.45) is -3.81. The van der Waals surface area contributed by atoms with E-state index in [9.17, 15) is 22.8 Å². The molecular weight excluding hydrogens is 465 g/mol. The Kier molecular flexibility index (Phi) is 6.34. The number of nitrogens with zero attached hydrogens (tertiary/aromatic N) is 2. The molecule has 0 aliphatic rings. The van der Waals surface area contributed by atoms with Gasteiger partial charge in [0.2, 0.25) is 0 Å². The summed E-state index contributed by atoms with van der Waals surface area (Å²) in [7, 11) is 0. The highest BCUT2D eigenvalue weighted by Crippen LogP contribution is 2.33. The number of carbonyl (C=O) groups is 1. The van der Waals surface area contributed by atoms with Crippen LogP contribution in [0, 0.1) is 6.92 Å². The fourth-order valence-corrected chi connectivity index (χ4v) is 4.26. The molecule has 0 spiro atoms. The lowest BCUT2D eigenvalue weighted by Crippen LogP contribution is -2.12. The first-order valence-corrected chi connectivity index (χ1v) is 11.1. The van der Waals surface area contributed by atoms with Crippen LogP contribution in [-0.2, 0) is 12.6 Å². The van der Waals surface area contributed by atoms with Gasteiger partial charge in [0.1, 0.15) is 15.7 Å². The molecule has 2 N–H and O–H groups in total. The zero-order valence-electron chi connectivity index (χ0n) is 18.2. The first-order chi connectivity index (χ1) is 16.1. The van der Waals surface area contributed by atoms with Crippen LogP contribution < -0.4 is 10.9 Å². The highest BCUT2D eigenvalue weighted by Gasteiger charge is 2.30. The van der Waals surface area contributed by atoms with E-state index in [0.29, 0.717) is 50.3 Å². The Bertz CT molecular complexity index is 1410. The van der Waals surface area contributed by atoms with Crippen LogP contribution >= 0.6 is 11.3 Å². The minimum absolute atomic E-state index is 0.257. The normalized spacial score (nSPS) is 11.4. The smallest absolute Gasteiger partial charge is 0.321 e. The highest BCUT2D eigenvalue weighted by atomic mass is 32.1. The SMILES string of the molecule is CCc1cc(=O)[nH]c(-c2cccc(NC(=O)c3sc(-c4ccc(C(F)(F)F)cc4)nc3C)c2)n1. The molecule has 0 atom stereocenters. The molecule has 174 valence electrons. The second-order valence-electron chi connectivity index (χ2n) is 7.48. The van der Waals surface area contributed by atoms with Gasteiger partial charge in [0, 0.05) is 28.6 Å². The summed E-state index contributed by atoms with van der Waals surface area (Å²) in [6.45, 7) is 3.57. The van der Waals surface area contributed by atoms with Crippen LogP contribution in [0.15, 0.2) is 59.4 Å². The first-order valence-electron chi connectivity index (χ1n) is 10.3. The van der Waals surface area contributed by atoms with Crippen LogP contribution in [0.1, 0.15) is 33.5 Å². The molecule has 2 aromatic carbocycles. The Balaban J connectivity index is 1.56. The Morgan fingerprint density at radius 3 is 2.47 bits per heavy atom. The van der Waals surface area contributed by atoms with Crippen molar-refractivity contribution in [2.45, 2.75) is 26.4 Å². The molecule has 34 heavy (non-hydrogen) atoms. The van der Waals surface area contributed by atoms with Crippen LogP contribution in [0.25, 0.3) is 22.0 Å². The molecule has 0 radical (unpaired) electrons. The maximum absolute atomic E-state index is 12.9. The van der Waals surface area contributed by atoms with Gasteiger partial charge in [0.25, 0.3) is 11.5 Å². The Morgan fingerprint density at radius 2 is 1.79 bits per heavy atom. The van der Waals surface area contributed by atoms with Crippen LogP contribution in [0.4, 0.5) is 18.9 Å². The van der Waals surface area contributed by atoms with Crippen molar-refractivity contribution in [3.05, 3.63) is 86.8 Å². The monoisotopic (exact) mass is 484 g/mol. The van der Waals surface area contributed by atoms with Crippen molar-refractivity contribution in [3.8, 4) is 22.0 Å². The summed E-state index contributed by atoms with van der Waals surface area (Å²) in [5.74, 6) is 0.00748. The number of amides is 1. The quantitative estimate of drug-likeness (QED) is 0.380. The molecule has 2 aromatic heterocycles. The van der Waals surface area contributed by atoms with Crippen molar-refractivity contribution in [1.29, 1.82) is 0 Å². The predicted octanol–water partition coefficient (Wildman–Crippen LogP) is 5.70. The molecule has 4 rings (SSSR count). The van der Waals surface area contributed by atoms with Crippen LogP contribution in [0.2, 0.25) is 0 Å². The number of halogens is 3. The van der Waals surface area contributed by atoms with Gasteiger partial charge < -0.3 is 10.3 Å². The van der Waals surface area contributed by atoms with Crippen LogP contribution in [0.3, 0.4) is 0 Å². The molecule has 0 unspecified atom stereocenters. The minimum Gasteiger partial charge on any atom is -0.321 e. The van der Waals surface area contributed by atoms with Gasteiger partial charge in [0.05, 0.1) is 11.3 Å². The van der Waals surface area contributed by atoms with Crippen molar-refractivity contribution >= 4 is 22.9 Å². The van der Waals surface area contributed by atoms with E-state index in [1.807, 2.05) is 6.92 Å². The molecule has 0 aliphatic carbocycles. The predicted molar refractivity (Wildman–Crippen MR) is 125 cm³/mol. The summed E-state index contributed by atoms with van der Waals surface area (Å²) in [4.78, 5) is 36.6. The van der Waals surface area contributed by atoms with E-state index in [1.54, 1.807) is 31.2 Å². The van der Waals surface area contributed by atoms with Crippen LogP contribution in [-0.4, -0.2) is 20.9 Å². The Hall–Kier alpha value is -3.79. The first kappa shape index (κ1) is 23.4. The number of H-pyrrole nitrogens is 1. The number of benzene rings is 2. The van der Waals surface area contributed by atoms with E-state index >= 15 is 0 Å². The van der Waals surface area contributed by atoms with E-state index in [0.717, 1.165) is 23.5 Å². The number of thiazole rings is 1. The summed E-state index contributed by atoms with van der Waals surface area (Å²) < 4.78 is 38.4. The van der Waals surface area contributed by atoms with Crippen molar-refractivity contribution < 1.29 is 18.0 Å². The number of hydrogen-bond donors (Lipinski definition) is 2. The highest BCUT2D eigenvalue weighted by molar-refractivity contribution is 7.17. The van der Waals surface area contributed by atoms with E-state index in [4.69, 9.17) is 0 Å². The third-order valence-electron chi connectivity index (χ3n) is 5.01. The molecule has 0 saturated carbocycles. The number of aryl methyl sites for hydroxylation is 2. The van der Waals surface area contributed by atoms with Crippen molar-refractivity contribution in [1.82, 2.24) is 15.0 Å². The number of aromatic amines is 1. The standard InChI is InChI=1S/C24H19F3N4O2S/c1-3-17-12-19(32)31-21(29-17)15-5-4-6-18(11-15)30-22(33)20-13(2)28-23(34-20)14-7-9-16(10-8-14)24(25,26)27/h4-12H,3H2,1-2H3,(H,30,33)(H,29,31,32). The van der Waals surface area contributed by atoms with E-state index in [2.05, 4.69) is 20.3 Å². The van der Waals surface area contributed by atoms with Gasteiger partial charge in [-0.15, -0.1) is 11.3 Å². The van der Waals surface area contributed by atoms with Gasteiger partial charge in [-0.25, -0.2) is 9.97 Å². The zero-order chi connectivity index (χ0) is 24.5. The molecule has 0 bridgehead atoms. The molecule has 0 saturated heterocycles. The van der Waals surface area contributed by atoms with Crippen molar-refractivity contribution in [2.24, 2.45) is 0 Å². The summed E-state index contributed by atoms with van der Waals surface area (Å²) in [6, 6.07) is 13.0. The third-order valence-corrected chi connectivity index (χ3v) is 6.22. The fourth-order valence-electron chi connectivity index (χ4n) is 3.29. The number of anilines is 1. The molecule has 6 nitrogen and oxygen atoms in total. The Morgan fingerprint density at radius 1 is 1.06 bits per heavy atom. The lowest BCUT2D eigenvalue weighted by atomic mass is 10.1. The lowest BCUT2D eigenvalue weighted by molar-refractivity contribution is -0.137. The van der Waals surface area contributed by atoms with Crippen molar-refractivity contribution in [2.75, 3.05) is 5.32 Å². The average Bonchev–Trinajstić information content (AvgIpc) is 3.20. The van der Waals surface area contributed by atoms with Gasteiger partial charge in [-0.05, 0) is 37.6 Å². The van der Waals surface area contributed by atoms with Crippen molar-refractivity contribution in [3.63, 3.8) is 0 Å². The number of nitrogens with one attached hydrogen (secondary N) is 2. The average molecular weight is 485 g/mol. The third kappa shape index (κ3) is 5.07. The molecule has 0 aliphatic heterocycles. The lowest BCUT2D eigenvalue weighted by Gasteiger charge is -2.07. The van der Waals surface area contributed by atoms with E-state index < -0.39 is 17.6 Å². The van der Waals surface area contributed by atoms with Crippen LogP contribution in [0.5, 0.6) is 0 Å². The summed E-state index contributed by atoms with van der Waals surface area (Å²) >= 11 is 1.10. The number of carbonyl (C=O) groups excluding carboxylic acids is 1. The number of rotatable bonds is 5. The second kappa shape index (κ2) is 9.22. The molecule has 10 heteroatoms. The summed E-state index contributed by atoms with van der Waals surface area (Å²) in [5, 5.41) is 3.26. The van der Waals surface area contributed by atoms with Gasteiger partial charge >= 0.3 is 6.18 Å². The fraction of sp³-hybridized carbons (Fsp3) is 0.167. The number of alkyl halides is 3. The molecule has 0 fully saturated rings. The Labute approximate surface area is 196 Å². The van der Waals surface area contributed by atoms with Gasteiger partial charge in [-0.3, -0.25) is 9.59 Å².